The lowest BCUT2D eigenvalue weighted by Crippen LogP contribution is -2.38. The van der Waals surface area contributed by atoms with Gasteiger partial charge in [-0.05, 0) is 57.2 Å². The summed E-state index contributed by atoms with van der Waals surface area (Å²) in [5.41, 5.74) is 0. The van der Waals surface area contributed by atoms with Crippen LogP contribution in [0.15, 0.2) is 12.1 Å². The van der Waals surface area contributed by atoms with Crippen molar-refractivity contribution >= 4 is 17.1 Å². The van der Waals surface area contributed by atoms with E-state index >= 15 is 0 Å². The molecule has 0 aliphatic heterocycles. The Bertz CT molecular complexity index is 432. The third-order valence-corrected chi connectivity index (χ3v) is 5.97. The Morgan fingerprint density at radius 3 is 2.50 bits per heavy atom. The monoisotopic (exact) mass is 293 g/mol. The molecule has 0 spiro atoms. The first-order valence-corrected chi connectivity index (χ1v) is 8.77. The molecule has 1 fully saturated rings. The largest absolute Gasteiger partial charge is 0.296 e. The molecule has 0 radical (unpaired) electrons. The highest BCUT2D eigenvalue weighted by Crippen LogP contribution is 2.29. The number of ketones is 1. The van der Waals surface area contributed by atoms with E-state index in [9.17, 15) is 4.79 Å². The molecule has 0 amide bonds. The lowest BCUT2D eigenvalue weighted by molar-refractivity contribution is 0.0889. The lowest BCUT2D eigenvalue weighted by atomic mass is 9.84. The van der Waals surface area contributed by atoms with Crippen LogP contribution in [0.3, 0.4) is 0 Å². The summed E-state index contributed by atoms with van der Waals surface area (Å²) >= 11 is 1.66. The maximum atomic E-state index is 12.3. The molecule has 3 heteroatoms. The molecule has 0 aromatic carbocycles. The van der Waals surface area contributed by atoms with E-state index in [0.717, 1.165) is 17.2 Å². The molecular formula is C17H27NOS. The van der Waals surface area contributed by atoms with Crippen LogP contribution >= 0.6 is 11.3 Å². The first kappa shape index (κ1) is 15.7. The summed E-state index contributed by atoms with van der Waals surface area (Å²) < 4.78 is 0. The van der Waals surface area contributed by atoms with E-state index in [-0.39, 0.29) is 5.78 Å². The van der Waals surface area contributed by atoms with Crippen LogP contribution in [0.1, 0.15) is 60.5 Å². The second kappa shape index (κ2) is 7.37. The summed E-state index contributed by atoms with van der Waals surface area (Å²) in [5, 5.41) is 0. The Kier molecular flexibility index (Phi) is 5.79. The van der Waals surface area contributed by atoms with Gasteiger partial charge in [0.1, 0.15) is 0 Å². The Hall–Kier alpha value is -0.670. The third kappa shape index (κ3) is 3.92. The number of likely N-dealkylation sites (N-methyl/N-ethyl adjacent to an activating group) is 1. The molecule has 2 rings (SSSR count). The minimum absolute atomic E-state index is 0.287. The molecule has 112 valence electrons. The molecule has 2 nitrogen and oxygen atoms in total. The molecule has 0 saturated heterocycles. The van der Waals surface area contributed by atoms with E-state index in [1.54, 1.807) is 11.3 Å². The van der Waals surface area contributed by atoms with E-state index in [1.807, 2.05) is 6.07 Å². The van der Waals surface area contributed by atoms with Crippen molar-refractivity contribution in [2.24, 2.45) is 5.92 Å². The number of nitrogens with zero attached hydrogens (tertiary/aromatic N) is 1. The zero-order valence-corrected chi connectivity index (χ0v) is 13.8. The van der Waals surface area contributed by atoms with Crippen molar-refractivity contribution in [1.29, 1.82) is 0 Å². The fraction of sp³-hybridized carbons (Fsp3) is 0.706. The van der Waals surface area contributed by atoms with Crippen LogP contribution in [0, 0.1) is 5.92 Å². The van der Waals surface area contributed by atoms with Crippen molar-refractivity contribution in [2.45, 2.75) is 58.4 Å². The number of carbonyl (C=O) groups excluding carboxylic acids is 1. The number of hydrogen-bond donors (Lipinski definition) is 0. The molecule has 1 heterocycles. The molecule has 1 aliphatic rings. The van der Waals surface area contributed by atoms with Crippen molar-refractivity contribution < 1.29 is 4.79 Å². The number of aryl methyl sites for hydroxylation is 1. The van der Waals surface area contributed by atoms with E-state index in [4.69, 9.17) is 0 Å². The van der Waals surface area contributed by atoms with Crippen LogP contribution in [0.25, 0.3) is 0 Å². The SMILES string of the molecule is CCc1ccc(C(=O)CN(C)C2CCC(CC)CC2)s1. The molecule has 20 heavy (non-hydrogen) atoms. The van der Waals surface area contributed by atoms with Gasteiger partial charge in [-0.25, -0.2) is 0 Å². The number of thiophene rings is 1. The van der Waals surface area contributed by atoms with Crippen LogP contribution in [0.4, 0.5) is 0 Å². The standard InChI is InChI=1S/C17H27NOS/c1-4-13-6-8-14(9-7-13)18(3)12-16(19)17-11-10-15(5-2)20-17/h10-11,13-14H,4-9,12H2,1-3H3. The minimum Gasteiger partial charge on any atom is -0.296 e. The summed E-state index contributed by atoms with van der Waals surface area (Å²) in [6.07, 6.45) is 7.51. The summed E-state index contributed by atoms with van der Waals surface area (Å²) in [4.78, 5) is 16.8. The molecule has 1 aliphatic carbocycles. The molecule has 0 bridgehead atoms. The predicted molar refractivity (Wildman–Crippen MR) is 86.7 cm³/mol. The van der Waals surface area contributed by atoms with Gasteiger partial charge in [0.25, 0.3) is 0 Å². The van der Waals surface area contributed by atoms with Crippen LogP contribution < -0.4 is 0 Å². The molecule has 1 aromatic rings. The van der Waals surface area contributed by atoms with Gasteiger partial charge in [0.05, 0.1) is 11.4 Å². The predicted octanol–water partition coefficient (Wildman–Crippen LogP) is 4.39. The Morgan fingerprint density at radius 1 is 1.25 bits per heavy atom. The van der Waals surface area contributed by atoms with Gasteiger partial charge in [0.2, 0.25) is 0 Å². The number of Topliss-reactive ketones (excluding diaryl/α,β-unsaturated/α-hetero) is 1. The average Bonchev–Trinajstić information content (AvgIpc) is 2.96. The van der Waals surface area contributed by atoms with Gasteiger partial charge in [0, 0.05) is 10.9 Å². The third-order valence-electron chi connectivity index (χ3n) is 4.69. The topological polar surface area (TPSA) is 20.3 Å². The number of hydrogen-bond acceptors (Lipinski definition) is 3. The highest BCUT2D eigenvalue weighted by atomic mass is 32.1. The maximum absolute atomic E-state index is 12.3. The fourth-order valence-corrected chi connectivity index (χ4v) is 4.02. The first-order valence-electron chi connectivity index (χ1n) is 7.96. The summed E-state index contributed by atoms with van der Waals surface area (Å²) in [6.45, 7) is 5.00. The van der Waals surface area contributed by atoms with Gasteiger partial charge >= 0.3 is 0 Å². The van der Waals surface area contributed by atoms with E-state index in [2.05, 4.69) is 31.9 Å². The minimum atomic E-state index is 0.287. The molecular weight excluding hydrogens is 266 g/mol. The lowest BCUT2D eigenvalue weighted by Gasteiger charge is -2.34. The molecule has 1 saturated carbocycles. The normalized spacial score (nSPS) is 23.2. The van der Waals surface area contributed by atoms with Gasteiger partial charge in [-0.2, -0.15) is 0 Å². The van der Waals surface area contributed by atoms with Gasteiger partial charge in [0.15, 0.2) is 5.78 Å². The van der Waals surface area contributed by atoms with Crippen molar-refractivity contribution in [3.05, 3.63) is 21.9 Å². The molecule has 1 aromatic heterocycles. The zero-order chi connectivity index (χ0) is 14.5. The Labute approximate surface area is 127 Å². The smallest absolute Gasteiger partial charge is 0.186 e. The van der Waals surface area contributed by atoms with Crippen molar-refractivity contribution in [3.63, 3.8) is 0 Å². The molecule has 0 N–H and O–H groups in total. The van der Waals surface area contributed by atoms with Gasteiger partial charge < -0.3 is 0 Å². The molecule has 0 unspecified atom stereocenters. The van der Waals surface area contributed by atoms with Crippen LogP contribution in [-0.4, -0.2) is 30.3 Å². The summed E-state index contributed by atoms with van der Waals surface area (Å²) in [6, 6.07) is 4.69. The van der Waals surface area contributed by atoms with Gasteiger partial charge in [-0.1, -0.05) is 20.3 Å². The van der Waals surface area contributed by atoms with Gasteiger partial charge in [-0.15, -0.1) is 11.3 Å². The number of rotatable bonds is 6. The second-order valence-electron chi connectivity index (χ2n) is 6.04. The van der Waals surface area contributed by atoms with E-state index in [1.165, 1.54) is 37.0 Å². The van der Waals surface area contributed by atoms with Crippen molar-refractivity contribution in [2.75, 3.05) is 13.6 Å². The highest BCUT2D eigenvalue weighted by molar-refractivity contribution is 7.14. The van der Waals surface area contributed by atoms with Crippen LogP contribution in [0.2, 0.25) is 0 Å². The van der Waals surface area contributed by atoms with Crippen LogP contribution in [0.5, 0.6) is 0 Å². The average molecular weight is 293 g/mol. The van der Waals surface area contributed by atoms with Gasteiger partial charge in [-0.3, -0.25) is 9.69 Å². The molecule has 0 atom stereocenters. The second-order valence-corrected chi connectivity index (χ2v) is 7.21. The summed E-state index contributed by atoms with van der Waals surface area (Å²) in [5.74, 6) is 1.20. The van der Waals surface area contributed by atoms with E-state index in [0.29, 0.717) is 12.6 Å². The van der Waals surface area contributed by atoms with Crippen LogP contribution in [-0.2, 0) is 6.42 Å². The maximum Gasteiger partial charge on any atom is 0.186 e. The Morgan fingerprint density at radius 2 is 1.95 bits per heavy atom. The van der Waals surface area contributed by atoms with Crippen molar-refractivity contribution in [3.8, 4) is 0 Å². The fourth-order valence-electron chi connectivity index (χ4n) is 3.15. The first-order chi connectivity index (χ1) is 9.63. The quantitative estimate of drug-likeness (QED) is 0.725. The Balaban J connectivity index is 1.85. The highest BCUT2D eigenvalue weighted by Gasteiger charge is 2.24. The van der Waals surface area contributed by atoms with Crippen molar-refractivity contribution in [1.82, 2.24) is 4.90 Å². The van der Waals surface area contributed by atoms with E-state index < -0.39 is 0 Å². The summed E-state index contributed by atoms with van der Waals surface area (Å²) in [7, 11) is 2.11. The number of carbonyl (C=O) groups is 1. The zero-order valence-electron chi connectivity index (χ0n) is 13.0.